The van der Waals surface area contributed by atoms with E-state index in [0.717, 1.165) is 11.3 Å². The third-order valence-corrected chi connectivity index (χ3v) is 1.45. The largest absolute Gasteiger partial charge is 0.690 e. The fraction of sp³-hybridized carbons (Fsp3) is 0.250. The summed E-state index contributed by atoms with van der Waals surface area (Å²) < 4.78 is 0. The molecular weight excluding hydrogens is 154 g/mol. The Kier molecular flexibility index (Phi) is 1.81. The normalized spacial score (nSPS) is 9.30. The molecule has 0 fully saturated rings. The second-order valence-corrected chi connectivity index (χ2v) is 2.43. The molecule has 0 saturated carbocycles. The molecule has 1 heterocycles. The zero-order valence-electron chi connectivity index (χ0n) is 5.20. The Morgan fingerprint density at radius 1 is 2.00 bits per heavy atom. The van der Waals surface area contributed by atoms with Gasteiger partial charge in [0.1, 0.15) is 5.51 Å². The zero-order valence-corrected chi connectivity index (χ0v) is 6.01. The Labute approximate surface area is 60.9 Å². The van der Waals surface area contributed by atoms with Gasteiger partial charge in [-0.15, -0.1) is 4.85 Å². The maximum atomic E-state index is 10.6. The van der Waals surface area contributed by atoms with E-state index >= 15 is 0 Å². The van der Waals surface area contributed by atoms with Gasteiger partial charge in [-0.2, -0.15) is 5.32 Å². The van der Waals surface area contributed by atoms with Gasteiger partial charge in [0.15, 0.2) is 0 Å². The molecule has 6 heteroatoms. The number of rotatable bonds is 1. The summed E-state index contributed by atoms with van der Waals surface area (Å²) in [5.74, 6) is -0.270. The Balaban J connectivity index is 2.74. The highest BCUT2D eigenvalue weighted by Crippen LogP contribution is 2.04. The Hall–Kier alpha value is -1.17. The topological polar surface area (TPSA) is 68.9 Å². The van der Waals surface area contributed by atoms with Gasteiger partial charge in [-0.3, -0.25) is 0 Å². The van der Waals surface area contributed by atoms with Gasteiger partial charge in [0, 0.05) is 6.92 Å². The highest BCUT2D eigenvalue weighted by Gasteiger charge is 2.07. The molecule has 0 saturated heterocycles. The molecular formula is C4H5N3O2S. The summed E-state index contributed by atoms with van der Waals surface area (Å²) >= 11 is 1.09. The van der Waals surface area contributed by atoms with Crippen LogP contribution in [0.4, 0.5) is 5.13 Å². The molecule has 0 spiro atoms. The third kappa shape index (κ3) is 1.41. The minimum absolute atomic E-state index is 0.201. The van der Waals surface area contributed by atoms with E-state index in [9.17, 15) is 10.0 Å². The maximum Gasteiger partial charge on any atom is 0.367 e. The maximum absolute atomic E-state index is 10.6. The average Bonchev–Trinajstić information content (AvgIpc) is 2.15. The molecule has 0 aliphatic carbocycles. The van der Waals surface area contributed by atoms with E-state index in [1.54, 1.807) is 0 Å². The third-order valence-electron chi connectivity index (χ3n) is 0.773. The van der Waals surface area contributed by atoms with E-state index < -0.39 is 0 Å². The Bertz CT molecular complexity index is 246. The van der Waals surface area contributed by atoms with Crippen molar-refractivity contribution in [1.82, 2.24) is 5.10 Å². The smallest absolute Gasteiger partial charge is 0.367 e. The first-order valence-electron chi connectivity index (χ1n) is 2.51. The minimum atomic E-state index is -0.270. The lowest BCUT2D eigenvalue weighted by Gasteiger charge is -1.94. The van der Waals surface area contributed by atoms with Crippen LogP contribution in [0.15, 0.2) is 5.51 Å². The van der Waals surface area contributed by atoms with E-state index in [0.29, 0.717) is 4.85 Å². The molecule has 0 radical (unpaired) electrons. The van der Waals surface area contributed by atoms with Gasteiger partial charge in [-0.25, -0.2) is 4.79 Å². The molecule has 10 heavy (non-hydrogen) atoms. The van der Waals surface area contributed by atoms with Gasteiger partial charge in [0.2, 0.25) is 0 Å². The monoisotopic (exact) mass is 159 g/mol. The second-order valence-electron chi connectivity index (χ2n) is 1.60. The van der Waals surface area contributed by atoms with Gasteiger partial charge < -0.3 is 5.21 Å². The number of nitrogens with one attached hydrogen (secondary N) is 1. The molecule has 5 nitrogen and oxygen atoms in total. The van der Waals surface area contributed by atoms with Crippen LogP contribution in [0.25, 0.3) is 0 Å². The standard InChI is InChI=1S/C4H5N3O2S/c1-3(8)6-4-7(9)5-2-10-4/h2H,1H3,(H,6,8). The first-order chi connectivity index (χ1) is 4.70. The molecule has 0 aromatic carbocycles. The van der Waals surface area contributed by atoms with E-state index in [2.05, 4.69) is 10.4 Å². The molecule has 1 aromatic rings. The van der Waals surface area contributed by atoms with Crippen molar-refractivity contribution in [1.29, 1.82) is 0 Å². The van der Waals surface area contributed by atoms with Crippen molar-refractivity contribution in [2.24, 2.45) is 0 Å². The van der Waals surface area contributed by atoms with Crippen molar-refractivity contribution in [2.75, 3.05) is 5.32 Å². The van der Waals surface area contributed by atoms with Crippen LogP contribution >= 0.6 is 11.3 Å². The second kappa shape index (κ2) is 2.61. The van der Waals surface area contributed by atoms with Crippen LogP contribution in [0.5, 0.6) is 0 Å². The number of nitrogens with zero attached hydrogens (tertiary/aromatic N) is 2. The van der Waals surface area contributed by atoms with Crippen molar-refractivity contribution >= 4 is 22.4 Å². The van der Waals surface area contributed by atoms with Gasteiger partial charge in [0.05, 0.1) is 0 Å². The predicted molar refractivity (Wildman–Crippen MR) is 35.4 cm³/mol. The highest BCUT2D eigenvalue weighted by atomic mass is 32.1. The number of hydrogen-bond donors (Lipinski definition) is 1. The summed E-state index contributed by atoms with van der Waals surface area (Å²) in [5, 5.41) is 16.4. The lowest BCUT2D eigenvalue weighted by atomic mass is 10.7. The Morgan fingerprint density at radius 3 is 3.10 bits per heavy atom. The molecule has 0 aliphatic rings. The summed E-state index contributed by atoms with van der Waals surface area (Å²) in [6.45, 7) is 1.33. The van der Waals surface area contributed by atoms with E-state index in [1.165, 1.54) is 12.4 Å². The van der Waals surface area contributed by atoms with Crippen molar-refractivity contribution in [3.63, 3.8) is 0 Å². The highest BCUT2D eigenvalue weighted by molar-refractivity contribution is 7.13. The number of aromatic nitrogens is 2. The Morgan fingerprint density at radius 2 is 2.70 bits per heavy atom. The van der Waals surface area contributed by atoms with Crippen LogP contribution < -0.4 is 10.2 Å². The molecule has 0 atom stereocenters. The predicted octanol–water partition coefficient (Wildman–Crippen LogP) is -0.265. The molecule has 54 valence electrons. The van der Waals surface area contributed by atoms with Gasteiger partial charge in [0.25, 0.3) is 0 Å². The van der Waals surface area contributed by atoms with Crippen LogP contribution in [0, 0.1) is 5.21 Å². The van der Waals surface area contributed by atoms with Crippen molar-refractivity contribution in [2.45, 2.75) is 6.92 Å². The molecule has 1 N–H and O–H groups in total. The average molecular weight is 159 g/mol. The van der Waals surface area contributed by atoms with Crippen LogP contribution in [-0.4, -0.2) is 11.0 Å². The molecule has 1 aromatic heterocycles. The van der Waals surface area contributed by atoms with E-state index in [-0.39, 0.29) is 11.0 Å². The van der Waals surface area contributed by atoms with Gasteiger partial charge in [-0.05, 0) is 11.3 Å². The summed E-state index contributed by atoms with van der Waals surface area (Å²) in [6, 6.07) is 0. The quantitative estimate of drug-likeness (QED) is 0.453. The lowest BCUT2D eigenvalue weighted by molar-refractivity contribution is -0.649. The van der Waals surface area contributed by atoms with Crippen molar-refractivity contribution < 1.29 is 9.64 Å². The molecule has 1 rings (SSSR count). The number of anilines is 1. The van der Waals surface area contributed by atoms with Crippen molar-refractivity contribution in [3.8, 4) is 0 Å². The van der Waals surface area contributed by atoms with Crippen LogP contribution in [0.1, 0.15) is 6.92 Å². The van der Waals surface area contributed by atoms with Gasteiger partial charge >= 0.3 is 11.0 Å². The number of carbonyl (C=O) groups excluding carboxylic acids is 1. The van der Waals surface area contributed by atoms with E-state index in [1.807, 2.05) is 0 Å². The number of hydrogen-bond acceptors (Lipinski definition) is 4. The van der Waals surface area contributed by atoms with Crippen LogP contribution in [-0.2, 0) is 4.79 Å². The zero-order chi connectivity index (χ0) is 7.56. The summed E-state index contributed by atoms with van der Waals surface area (Å²) in [7, 11) is 0. The first-order valence-corrected chi connectivity index (χ1v) is 3.39. The summed E-state index contributed by atoms with van der Waals surface area (Å²) in [4.78, 5) is 10.7. The van der Waals surface area contributed by atoms with Crippen LogP contribution in [0.3, 0.4) is 0 Å². The first kappa shape index (κ1) is 6.94. The SMILES string of the molecule is CC(=O)Nc1scn[n+]1[O-]. The number of carbonyl (C=O) groups is 1. The lowest BCUT2D eigenvalue weighted by Crippen LogP contribution is -2.31. The van der Waals surface area contributed by atoms with Crippen molar-refractivity contribution in [3.05, 3.63) is 10.7 Å². The minimum Gasteiger partial charge on any atom is -0.690 e. The molecule has 1 amide bonds. The summed E-state index contributed by atoms with van der Waals surface area (Å²) in [6.07, 6.45) is 0. The van der Waals surface area contributed by atoms with E-state index in [4.69, 9.17) is 0 Å². The molecule has 0 aliphatic heterocycles. The number of amides is 1. The molecule has 0 unspecified atom stereocenters. The fourth-order valence-corrected chi connectivity index (χ4v) is 1.01. The molecule has 0 bridgehead atoms. The van der Waals surface area contributed by atoms with Crippen LogP contribution in [0.2, 0.25) is 0 Å². The fourth-order valence-electron chi connectivity index (χ4n) is 0.442. The van der Waals surface area contributed by atoms with Gasteiger partial charge in [-0.1, -0.05) is 5.10 Å². The summed E-state index contributed by atoms with van der Waals surface area (Å²) in [5.41, 5.74) is 1.36.